The molecular formula is C22H24Cl4N2O2. The van der Waals surface area contributed by atoms with Crippen molar-refractivity contribution in [2.24, 2.45) is 5.92 Å². The van der Waals surface area contributed by atoms with E-state index in [9.17, 15) is 9.59 Å². The number of nitrogens with one attached hydrogen (secondary N) is 1. The summed E-state index contributed by atoms with van der Waals surface area (Å²) in [5.41, 5.74) is 1.33. The summed E-state index contributed by atoms with van der Waals surface area (Å²) < 4.78 is 0. The summed E-state index contributed by atoms with van der Waals surface area (Å²) in [6.07, 6.45) is 0.0308. The number of benzene rings is 2. The number of nitrogens with zero attached hydrogens (tertiary/aromatic N) is 1. The minimum Gasteiger partial charge on any atom is -0.354 e. The lowest BCUT2D eigenvalue weighted by molar-refractivity contribution is -0.140. The molecule has 0 aliphatic carbocycles. The standard InChI is InChI=1S/C22H24Cl4N2O2/c1-13(2)11-27-22(30)14(3)28(12-16-5-7-18(24)10-20(16)26)21(29)8-15-4-6-17(23)9-19(15)25/h4-7,9-10,13-14H,8,11-12H2,1-3H3,(H,27,30). The Morgan fingerprint density at radius 2 is 1.43 bits per heavy atom. The molecule has 0 bridgehead atoms. The van der Waals surface area contributed by atoms with Gasteiger partial charge < -0.3 is 10.2 Å². The van der Waals surface area contributed by atoms with Gasteiger partial charge in [-0.1, -0.05) is 72.4 Å². The van der Waals surface area contributed by atoms with E-state index in [1.165, 1.54) is 4.90 Å². The Balaban J connectivity index is 2.28. The van der Waals surface area contributed by atoms with Crippen LogP contribution in [0.1, 0.15) is 31.9 Å². The van der Waals surface area contributed by atoms with Crippen LogP contribution in [-0.2, 0) is 22.6 Å². The Morgan fingerprint density at radius 1 is 0.900 bits per heavy atom. The molecule has 2 rings (SSSR count). The van der Waals surface area contributed by atoms with Crippen molar-refractivity contribution in [3.8, 4) is 0 Å². The second-order valence-corrected chi connectivity index (χ2v) is 9.17. The highest BCUT2D eigenvalue weighted by molar-refractivity contribution is 6.35. The molecule has 4 nitrogen and oxygen atoms in total. The molecule has 0 saturated carbocycles. The zero-order chi connectivity index (χ0) is 22.4. The van der Waals surface area contributed by atoms with Crippen LogP contribution in [0.3, 0.4) is 0 Å². The highest BCUT2D eigenvalue weighted by Crippen LogP contribution is 2.25. The van der Waals surface area contributed by atoms with Crippen LogP contribution in [0.4, 0.5) is 0 Å². The molecule has 1 N–H and O–H groups in total. The van der Waals surface area contributed by atoms with E-state index in [4.69, 9.17) is 46.4 Å². The third kappa shape index (κ3) is 7.05. The van der Waals surface area contributed by atoms with E-state index >= 15 is 0 Å². The summed E-state index contributed by atoms with van der Waals surface area (Å²) in [6, 6.07) is 9.33. The van der Waals surface area contributed by atoms with Gasteiger partial charge in [0, 0.05) is 33.2 Å². The van der Waals surface area contributed by atoms with Gasteiger partial charge in [-0.3, -0.25) is 9.59 Å². The molecule has 0 aliphatic heterocycles. The normalized spacial score (nSPS) is 12.0. The molecule has 0 heterocycles. The smallest absolute Gasteiger partial charge is 0.242 e. The van der Waals surface area contributed by atoms with Crippen LogP contribution in [0.15, 0.2) is 36.4 Å². The monoisotopic (exact) mass is 488 g/mol. The van der Waals surface area contributed by atoms with Crippen molar-refractivity contribution in [3.63, 3.8) is 0 Å². The number of carbonyl (C=O) groups is 2. The molecule has 8 heteroatoms. The summed E-state index contributed by atoms with van der Waals surface area (Å²) in [5.74, 6) is -0.189. The number of halogens is 4. The molecule has 0 aliphatic rings. The largest absolute Gasteiger partial charge is 0.354 e. The second-order valence-electron chi connectivity index (χ2n) is 7.48. The lowest BCUT2D eigenvalue weighted by Gasteiger charge is -2.29. The molecule has 0 radical (unpaired) electrons. The quantitative estimate of drug-likeness (QED) is 0.491. The van der Waals surface area contributed by atoms with Crippen molar-refractivity contribution >= 4 is 58.2 Å². The fourth-order valence-corrected chi connectivity index (χ4v) is 3.74. The van der Waals surface area contributed by atoms with Gasteiger partial charge in [-0.2, -0.15) is 0 Å². The molecule has 0 aromatic heterocycles. The van der Waals surface area contributed by atoms with Gasteiger partial charge in [0.2, 0.25) is 11.8 Å². The number of carbonyl (C=O) groups excluding carboxylic acids is 2. The van der Waals surface area contributed by atoms with Gasteiger partial charge in [0.25, 0.3) is 0 Å². The van der Waals surface area contributed by atoms with Crippen LogP contribution in [0.25, 0.3) is 0 Å². The van der Waals surface area contributed by atoms with Gasteiger partial charge >= 0.3 is 0 Å². The van der Waals surface area contributed by atoms with Crippen LogP contribution in [-0.4, -0.2) is 29.3 Å². The van der Waals surface area contributed by atoms with Crippen LogP contribution in [0, 0.1) is 5.92 Å². The molecule has 2 aromatic carbocycles. The minimum absolute atomic E-state index is 0.0308. The van der Waals surface area contributed by atoms with Crippen LogP contribution in [0.2, 0.25) is 20.1 Å². The first-order chi connectivity index (χ1) is 14.1. The maximum Gasteiger partial charge on any atom is 0.242 e. The zero-order valence-corrected chi connectivity index (χ0v) is 20.0. The van der Waals surface area contributed by atoms with Crippen molar-refractivity contribution in [1.29, 1.82) is 0 Å². The lowest BCUT2D eigenvalue weighted by atomic mass is 10.1. The molecule has 1 unspecified atom stereocenters. The highest BCUT2D eigenvalue weighted by atomic mass is 35.5. The van der Waals surface area contributed by atoms with Crippen molar-refractivity contribution in [2.45, 2.75) is 39.8 Å². The number of hydrogen-bond donors (Lipinski definition) is 1. The third-order valence-corrected chi connectivity index (χ3v) is 5.74. The number of rotatable bonds is 8. The maximum atomic E-state index is 13.2. The summed E-state index contributed by atoms with van der Waals surface area (Å²) in [4.78, 5) is 27.4. The highest BCUT2D eigenvalue weighted by Gasteiger charge is 2.27. The van der Waals surface area contributed by atoms with Crippen LogP contribution in [0.5, 0.6) is 0 Å². The zero-order valence-electron chi connectivity index (χ0n) is 17.0. The maximum absolute atomic E-state index is 13.2. The van der Waals surface area contributed by atoms with Gasteiger partial charge in [-0.25, -0.2) is 0 Å². The Hall–Kier alpha value is -1.46. The van der Waals surface area contributed by atoms with E-state index in [1.54, 1.807) is 43.3 Å². The van der Waals surface area contributed by atoms with E-state index in [-0.39, 0.29) is 24.8 Å². The molecule has 0 spiro atoms. The van der Waals surface area contributed by atoms with E-state index in [2.05, 4.69) is 5.32 Å². The summed E-state index contributed by atoms with van der Waals surface area (Å²) in [6.45, 7) is 6.39. The first kappa shape index (κ1) is 24.8. The Morgan fingerprint density at radius 3 is 1.93 bits per heavy atom. The van der Waals surface area contributed by atoms with Crippen LogP contribution < -0.4 is 5.32 Å². The molecule has 0 fully saturated rings. The van der Waals surface area contributed by atoms with Crippen molar-refractivity contribution in [3.05, 3.63) is 67.6 Å². The second kappa shape index (κ2) is 11.2. The van der Waals surface area contributed by atoms with E-state index in [0.29, 0.717) is 43.7 Å². The average molecular weight is 490 g/mol. The Labute approximate surface area is 197 Å². The van der Waals surface area contributed by atoms with E-state index in [1.807, 2.05) is 13.8 Å². The molecule has 2 amide bonds. The Bertz CT molecular complexity index is 918. The third-order valence-electron chi connectivity index (χ3n) is 4.56. The van der Waals surface area contributed by atoms with Gasteiger partial charge in [-0.15, -0.1) is 0 Å². The first-order valence-electron chi connectivity index (χ1n) is 9.53. The van der Waals surface area contributed by atoms with Gasteiger partial charge in [0.05, 0.1) is 6.42 Å². The molecule has 162 valence electrons. The minimum atomic E-state index is -0.700. The average Bonchev–Trinajstić information content (AvgIpc) is 2.67. The predicted octanol–water partition coefficient (Wildman–Crippen LogP) is 6.03. The molecule has 1 atom stereocenters. The summed E-state index contributed by atoms with van der Waals surface area (Å²) in [5, 5.41) is 4.70. The van der Waals surface area contributed by atoms with Crippen LogP contribution >= 0.6 is 46.4 Å². The van der Waals surface area contributed by atoms with E-state index in [0.717, 1.165) is 0 Å². The van der Waals surface area contributed by atoms with Crippen molar-refractivity contribution in [2.75, 3.05) is 6.54 Å². The van der Waals surface area contributed by atoms with Gasteiger partial charge in [-0.05, 0) is 48.2 Å². The summed E-state index contributed by atoms with van der Waals surface area (Å²) >= 11 is 24.5. The number of hydrogen-bond acceptors (Lipinski definition) is 2. The van der Waals surface area contributed by atoms with Crippen molar-refractivity contribution < 1.29 is 9.59 Å². The molecular weight excluding hydrogens is 466 g/mol. The molecule has 30 heavy (non-hydrogen) atoms. The predicted molar refractivity (Wildman–Crippen MR) is 124 cm³/mol. The Kier molecular flexibility index (Phi) is 9.30. The first-order valence-corrected chi connectivity index (χ1v) is 11.0. The lowest BCUT2D eigenvalue weighted by Crippen LogP contribution is -2.48. The van der Waals surface area contributed by atoms with Gasteiger partial charge in [0.15, 0.2) is 0 Å². The SMILES string of the molecule is CC(C)CNC(=O)C(C)N(Cc1ccc(Cl)cc1Cl)C(=O)Cc1ccc(Cl)cc1Cl. The fraction of sp³-hybridized carbons (Fsp3) is 0.364. The van der Waals surface area contributed by atoms with Gasteiger partial charge in [0.1, 0.15) is 6.04 Å². The fourth-order valence-electron chi connectivity index (χ4n) is 2.80. The molecule has 2 aromatic rings. The molecule has 0 saturated heterocycles. The topological polar surface area (TPSA) is 49.4 Å². The summed E-state index contributed by atoms with van der Waals surface area (Å²) in [7, 11) is 0. The van der Waals surface area contributed by atoms with E-state index < -0.39 is 6.04 Å². The van der Waals surface area contributed by atoms with Crippen molar-refractivity contribution in [1.82, 2.24) is 10.2 Å². The number of amides is 2.